The van der Waals surface area contributed by atoms with Crippen LogP contribution in [0.4, 0.5) is 5.82 Å². The summed E-state index contributed by atoms with van der Waals surface area (Å²) in [5.74, 6) is 1.02. The molecule has 1 aromatic heterocycles. The largest absolute Gasteiger partial charge is 0.355 e. The van der Waals surface area contributed by atoms with E-state index in [9.17, 15) is 0 Å². The number of hydrogen-bond acceptors (Lipinski definition) is 4. The van der Waals surface area contributed by atoms with Gasteiger partial charge in [0.1, 0.15) is 5.82 Å². The van der Waals surface area contributed by atoms with Crippen LogP contribution < -0.4 is 10.2 Å². The molecule has 4 nitrogen and oxygen atoms in total. The van der Waals surface area contributed by atoms with Gasteiger partial charge in [-0.05, 0) is 18.3 Å². The highest BCUT2D eigenvalue weighted by Crippen LogP contribution is 2.31. The molecule has 1 aliphatic heterocycles. The molecule has 1 aromatic rings. The second kappa shape index (κ2) is 5.87. The molecule has 0 radical (unpaired) electrons. The molecule has 0 aromatic carbocycles. The second-order valence-corrected chi connectivity index (χ2v) is 6.55. The number of nitrogens with zero attached hydrogens (tertiary/aromatic N) is 3. The van der Waals surface area contributed by atoms with Crippen LogP contribution in [0.15, 0.2) is 12.4 Å². The maximum Gasteiger partial charge on any atom is 0.147 e. The summed E-state index contributed by atoms with van der Waals surface area (Å²) in [6, 6.07) is 0.478. The SMILES string of the molecule is CC(C)NCc1cnc(N2CCC(C)(C)CC2)cn1. The molecule has 0 spiro atoms. The van der Waals surface area contributed by atoms with Crippen molar-refractivity contribution in [3.63, 3.8) is 0 Å². The van der Waals surface area contributed by atoms with Crippen molar-refractivity contribution < 1.29 is 0 Å². The van der Waals surface area contributed by atoms with Crippen molar-refractivity contribution in [2.75, 3.05) is 18.0 Å². The minimum absolute atomic E-state index is 0.477. The molecule has 1 aliphatic rings. The first kappa shape index (κ1) is 14.3. The Morgan fingerprint density at radius 2 is 1.89 bits per heavy atom. The van der Waals surface area contributed by atoms with Gasteiger partial charge in [0.15, 0.2) is 0 Å². The molecule has 1 N–H and O–H groups in total. The summed E-state index contributed by atoms with van der Waals surface area (Å²) in [4.78, 5) is 11.4. The summed E-state index contributed by atoms with van der Waals surface area (Å²) < 4.78 is 0. The van der Waals surface area contributed by atoms with Crippen LogP contribution in [0.3, 0.4) is 0 Å². The Bertz CT molecular complexity index is 387. The van der Waals surface area contributed by atoms with Gasteiger partial charge in [-0.3, -0.25) is 4.98 Å². The monoisotopic (exact) mass is 262 g/mol. The van der Waals surface area contributed by atoms with Crippen molar-refractivity contribution in [1.29, 1.82) is 0 Å². The summed E-state index contributed by atoms with van der Waals surface area (Å²) in [7, 11) is 0. The molecule has 0 amide bonds. The van der Waals surface area contributed by atoms with Crippen molar-refractivity contribution >= 4 is 5.82 Å². The lowest BCUT2D eigenvalue weighted by Gasteiger charge is -2.37. The van der Waals surface area contributed by atoms with Crippen molar-refractivity contribution in [3.8, 4) is 0 Å². The smallest absolute Gasteiger partial charge is 0.147 e. The zero-order chi connectivity index (χ0) is 13.9. The van der Waals surface area contributed by atoms with Crippen LogP contribution in [-0.2, 0) is 6.54 Å². The van der Waals surface area contributed by atoms with Crippen LogP contribution in [0.25, 0.3) is 0 Å². The van der Waals surface area contributed by atoms with Gasteiger partial charge in [0.25, 0.3) is 0 Å². The van der Waals surface area contributed by atoms with E-state index in [0.717, 1.165) is 31.1 Å². The van der Waals surface area contributed by atoms with Gasteiger partial charge >= 0.3 is 0 Å². The van der Waals surface area contributed by atoms with Gasteiger partial charge in [-0.1, -0.05) is 27.7 Å². The Kier molecular flexibility index (Phi) is 4.40. The Morgan fingerprint density at radius 1 is 1.21 bits per heavy atom. The van der Waals surface area contributed by atoms with E-state index in [4.69, 9.17) is 0 Å². The lowest BCUT2D eigenvalue weighted by atomic mass is 9.83. The standard InChI is InChI=1S/C15H26N4/c1-12(2)16-9-13-10-18-14(11-17-13)19-7-5-15(3,4)6-8-19/h10-12,16H,5-9H2,1-4H3. The van der Waals surface area contributed by atoms with Crippen molar-refractivity contribution in [2.45, 2.75) is 53.1 Å². The summed E-state index contributed by atoms with van der Waals surface area (Å²) in [6.07, 6.45) is 6.26. The molecule has 2 heterocycles. The molecule has 106 valence electrons. The van der Waals surface area contributed by atoms with Crippen LogP contribution in [-0.4, -0.2) is 29.1 Å². The Balaban J connectivity index is 1.92. The average Bonchev–Trinajstić information content (AvgIpc) is 2.37. The Morgan fingerprint density at radius 3 is 2.42 bits per heavy atom. The number of aromatic nitrogens is 2. The normalized spacial score (nSPS) is 18.9. The van der Waals surface area contributed by atoms with Gasteiger partial charge in [0.2, 0.25) is 0 Å². The Hall–Kier alpha value is -1.16. The van der Waals surface area contributed by atoms with E-state index >= 15 is 0 Å². The average molecular weight is 262 g/mol. The molecule has 0 aliphatic carbocycles. The summed E-state index contributed by atoms with van der Waals surface area (Å²) in [6.45, 7) is 11.9. The summed E-state index contributed by atoms with van der Waals surface area (Å²) in [5.41, 5.74) is 1.49. The zero-order valence-corrected chi connectivity index (χ0v) is 12.6. The third-order valence-electron chi connectivity index (χ3n) is 3.82. The van der Waals surface area contributed by atoms with Crippen LogP contribution in [0.2, 0.25) is 0 Å². The lowest BCUT2D eigenvalue weighted by molar-refractivity contribution is 0.279. The van der Waals surface area contributed by atoms with Crippen LogP contribution >= 0.6 is 0 Å². The molecule has 1 saturated heterocycles. The van der Waals surface area contributed by atoms with Crippen molar-refractivity contribution in [1.82, 2.24) is 15.3 Å². The van der Waals surface area contributed by atoms with Crippen LogP contribution in [0.1, 0.15) is 46.2 Å². The molecule has 1 fully saturated rings. The van der Waals surface area contributed by atoms with E-state index in [1.165, 1.54) is 12.8 Å². The zero-order valence-electron chi connectivity index (χ0n) is 12.6. The molecule has 4 heteroatoms. The third-order valence-corrected chi connectivity index (χ3v) is 3.82. The fourth-order valence-corrected chi connectivity index (χ4v) is 2.25. The van der Waals surface area contributed by atoms with E-state index < -0.39 is 0 Å². The predicted octanol–water partition coefficient (Wildman–Crippen LogP) is 2.60. The quantitative estimate of drug-likeness (QED) is 0.905. The Labute approximate surface area is 116 Å². The maximum atomic E-state index is 4.55. The predicted molar refractivity (Wildman–Crippen MR) is 79.2 cm³/mol. The van der Waals surface area contributed by atoms with E-state index in [1.54, 1.807) is 0 Å². The fourth-order valence-electron chi connectivity index (χ4n) is 2.25. The van der Waals surface area contributed by atoms with Gasteiger partial charge in [-0.2, -0.15) is 0 Å². The molecular weight excluding hydrogens is 236 g/mol. The molecule has 0 unspecified atom stereocenters. The third kappa shape index (κ3) is 4.16. The minimum Gasteiger partial charge on any atom is -0.355 e. The molecule has 0 bridgehead atoms. The van der Waals surface area contributed by atoms with Gasteiger partial charge in [-0.25, -0.2) is 4.98 Å². The first-order valence-electron chi connectivity index (χ1n) is 7.25. The van der Waals surface area contributed by atoms with E-state index in [0.29, 0.717) is 11.5 Å². The molecule has 0 atom stereocenters. The molecular formula is C15H26N4. The number of piperidine rings is 1. The molecule has 0 saturated carbocycles. The number of rotatable bonds is 4. The van der Waals surface area contributed by atoms with Crippen LogP contribution in [0.5, 0.6) is 0 Å². The number of anilines is 1. The summed E-state index contributed by atoms with van der Waals surface area (Å²) in [5, 5.41) is 3.36. The van der Waals surface area contributed by atoms with E-state index in [2.05, 4.69) is 47.9 Å². The highest BCUT2D eigenvalue weighted by atomic mass is 15.2. The van der Waals surface area contributed by atoms with Gasteiger partial charge in [0.05, 0.1) is 18.1 Å². The van der Waals surface area contributed by atoms with E-state index in [-0.39, 0.29) is 0 Å². The van der Waals surface area contributed by atoms with Crippen molar-refractivity contribution in [3.05, 3.63) is 18.1 Å². The van der Waals surface area contributed by atoms with E-state index in [1.807, 2.05) is 12.4 Å². The molecule has 2 rings (SSSR count). The lowest BCUT2D eigenvalue weighted by Crippen LogP contribution is -2.37. The van der Waals surface area contributed by atoms with Crippen molar-refractivity contribution in [2.24, 2.45) is 5.41 Å². The fraction of sp³-hybridized carbons (Fsp3) is 0.733. The first-order chi connectivity index (χ1) is 8.96. The van der Waals surface area contributed by atoms with Gasteiger partial charge in [-0.15, -0.1) is 0 Å². The summed E-state index contributed by atoms with van der Waals surface area (Å²) >= 11 is 0. The van der Waals surface area contributed by atoms with Gasteiger partial charge in [0, 0.05) is 25.7 Å². The second-order valence-electron chi connectivity index (χ2n) is 6.55. The number of hydrogen-bond donors (Lipinski definition) is 1. The number of nitrogens with one attached hydrogen (secondary N) is 1. The minimum atomic E-state index is 0.477. The highest BCUT2D eigenvalue weighted by molar-refractivity contribution is 5.36. The molecule has 19 heavy (non-hydrogen) atoms. The first-order valence-corrected chi connectivity index (χ1v) is 7.25. The highest BCUT2D eigenvalue weighted by Gasteiger charge is 2.25. The topological polar surface area (TPSA) is 41.1 Å². The van der Waals surface area contributed by atoms with Crippen LogP contribution in [0, 0.1) is 5.41 Å². The maximum absolute atomic E-state index is 4.55. The van der Waals surface area contributed by atoms with Gasteiger partial charge < -0.3 is 10.2 Å².